The molecule has 1 heterocycles. The van der Waals surface area contributed by atoms with E-state index in [1.807, 2.05) is 12.3 Å². The van der Waals surface area contributed by atoms with E-state index in [0.29, 0.717) is 6.54 Å². The largest absolute Gasteiger partial charge is 0.325 e. The summed E-state index contributed by atoms with van der Waals surface area (Å²) in [5.41, 5.74) is 8.07. The Morgan fingerprint density at radius 3 is 2.88 bits per heavy atom. The van der Waals surface area contributed by atoms with Crippen LogP contribution in [0.25, 0.3) is 0 Å². The Balaban J connectivity index is 1.88. The summed E-state index contributed by atoms with van der Waals surface area (Å²) in [7, 11) is 0. The van der Waals surface area contributed by atoms with E-state index < -0.39 is 0 Å². The minimum Gasteiger partial charge on any atom is -0.325 e. The molecule has 2 N–H and O–H groups in total. The van der Waals surface area contributed by atoms with Gasteiger partial charge in [-0.1, -0.05) is 25.3 Å². The molecule has 0 unspecified atom stereocenters. The third-order valence-corrected chi connectivity index (χ3v) is 4.63. The maximum Gasteiger partial charge on any atom is 0.0579 e. The highest BCUT2D eigenvalue weighted by atomic mass is 32.2. The zero-order valence-electron chi connectivity index (χ0n) is 9.69. The summed E-state index contributed by atoms with van der Waals surface area (Å²) in [6.45, 7) is 0.557. The Morgan fingerprint density at radius 1 is 1.31 bits per heavy atom. The van der Waals surface area contributed by atoms with E-state index in [-0.39, 0.29) is 0 Å². The molecule has 16 heavy (non-hydrogen) atoms. The van der Waals surface area contributed by atoms with Crippen molar-refractivity contribution in [3.63, 3.8) is 0 Å². The van der Waals surface area contributed by atoms with Gasteiger partial charge in [-0.2, -0.15) is 11.8 Å². The Kier molecular flexibility index (Phi) is 4.67. The molecule has 1 aliphatic rings. The number of aromatic nitrogens is 1. The fourth-order valence-electron chi connectivity index (χ4n) is 2.23. The molecule has 0 atom stereocenters. The lowest BCUT2D eigenvalue weighted by molar-refractivity contribution is 0.516. The van der Waals surface area contributed by atoms with Gasteiger partial charge in [-0.3, -0.25) is 4.98 Å². The number of pyridine rings is 1. The fourth-order valence-corrected chi connectivity index (χ4v) is 3.57. The molecule has 1 saturated carbocycles. The lowest BCUT2D eigenvalue weighted by Gasteiger charge is -2.21. The Bertz CT molecular complexity index is 321. The molecule has 0 amide bonds. The molecule has 0 spiro atoms. The van der Waals surface area contributed by atoms with Crippen molar-refractivity contribution in [1.29, 1.82) is 0 Å². The van der Waals surface area contributed by atoms with Crippen LogP contribution in [-0.4, -0.2) is 10.2 Å². The van der Waals surface area contributed by atoms with Crippen molar-refractivity contribution in [2.75, 3.05) is 0 Å². The molecule has 0 aromatic carbocycles. The van der Waals surface area contributed by atoms with Gasteiger partial charge in [0.1, 0.15) is 0 Å². The molecule has 3 heteroatoms. The van der Waals surface area contributed by atoms with Crippen LogP contribution in [0.5, 0.6) is 0 Å². The fraction of sp³-hybridized carbons (Fsp3) is 0.615. The summed E-state index contributed by atoms with van der Waals surface area (Å²) in [5, 5.41) is 0.861. The highest BCUT2D eigenvalue weighted by molar-refractivity contribution is 7.99. The van der Waals surface area contributed by atoms with Crippen LogP contribution in [0, 0.1) is 0 Å². The molecule has 1 aromatic rings. The van der Waals surface area contributed by atoms with Gasteiger partial charge in [0, 0.05) is 23.7 Å². The molecule has 0 radical (unpaired) electrons. The van der Waals surface area contributed by atoms with Crippen LogP contribution in [0.1, 0.15) is 43.4 Å². The molecule has 88 valence electrons. The summed E-state index contributed by atoms with van der Waals surface area (Å²) < 4.78 is 0. The van der Waals surface area contributed by atoms with Gasteiger partial charge in [0.15, 0.2) is 0 Å². The van der Waals surface area contributed by atoms with Gasteiger partial charge in [-0.05, 0) is 24.5 Å². The number of nitrogens with zero attached hydrogens (tertiary/aromatic N) is 1. The summed E-state index contributed by atoms with van der Waals surface area (Å²) >= 11 is 2.08. The van der Waals surface area contributed by atoms with Gasteiger partial charge >= 0.3 is 0 Å². The second kappa shape index (κ2) is 6.26. The van der Waals surface area contributed by atoms with Crippen LogP contribution in [0.15, 0.2) is 18.3 Å². The van der Waals surface area contributed by atoms with E-state index >= 15 is 0 Å². The highest BCUT2D eigenvalue weighted by Crippen LogP contribution is 2.30. The van der Waals surface area contributed by atoms with E-state index in [1.54, 1.807) is 0 Å². The molecule has 1 fully saturated rings. The van der Waals surface area contributed by atoms with E-state index in [2.05, 4.69) is 22.8 Å². The van der Waals surface area contributed by atoms with Crippen molar-refractivity contribution in [2.24, 2.45) is 5.73 Å². The van der Waals surface area contributed by atoms with Crippen LogP contribution < -0.4 is 5.73 Å². The minimum atomic E-state index is 0.557. The predicted octanol–water partition coefficient (Wildman–Crippen LogP) is 3.11. The first-order valence-corrected chi connectivity index (χ1v) is 7.19. The Labute approximate surface area is 102 Å². The van der Waals surface area contributed by atoms with Crippen LogP contribution in [0.3, 0.4) is 0 Å². The zero-order valence-corrected chi connectivity index (χ0v) is 10.5. The minimum absolute atomic E-state index is 0.557. The molecule has 0 bridgehead atoms. The lowest BCUT2D eigenvalue weighted by Crippen LogP contribution is -2.09. The first kappa shape index (κ1) is 11.9. The maximum absolute atomic E-state index is 5.69. The normalized spacial score (nSPS) is 17.6. The highest BCUT2D eigenvalue weighted by Gasteiger charge is 2.14. The molecule has 0 aliphatic heterocycles. The summed E-state index contributed by atoms with van der Waals surface area (Å²) in [5.74, 6) is 1.07. The Morgan fingerprint density at radius 2 is 2.12 bits per heavy atom. The van der Waals surface area contributed by atoms with Crippen molar-refractivity contribution in [1.82, 2.24) is 4.98 Å². The van der Waals surface area contributed by atoms with Gasteiger partial charge in [0.25, 0.3) is 0 Å². The number of rotatable bonds is 4. The van der Waals surface area contributed by atoms with Gasteiger partial charge in [-0.25, -0.2) is 0 Å². The number of hydrogen-bond acceptors (Lipinski definition) is 3. The number of thioether (sulfide) groups is 1. The van der Waals surface area contributed by atoms with Gasteiger partial charge in [0.2, 0.25) is 0 Å². The van der Waals surface area contributed by atoms with E-state index in [4.69, 9.17) is 5.73 Å². The van der Waals surface area contributed by atoms with Crippen LogP contribution in [0.2, 0.25) is 0 Å². The van der Waals surface area contributed by atoms with E-state index in [1.165, 1.54) is 37.7 Å². The molecule has 2 nitrogen and oxygen atoms in total. The lowest BCUT2D eigenvalue weighted by atomic mass is 10.0. The Hall–Kier alpha value is -0.540. The third kappa shape index (κ3) is 3.22. The van der Waals surface area contributed by atoms with Gasteiger partial charge < -0.3 is 5.73 Å². The van der Waals surface area contributed by atoms with Crippen molar-refractivity contribution in [2.45, 2.75) is 49.7 Å². The van der Waals surface area contributed by atoms with Gasteiger partial charge in [-0.15, -0.1) is 0 Å². The van der Waals surface area contributed by atoms with Crippen LogP contribution in [-0.2, 0) is 12.3 Å². The zero-order chi connectivity index (χ0) is 11.2. The molecule has 1 aromatic heterocycles. The van der Waals surface area contributed by atoms with Crippen molar-refractivity contribution < 1.29 is 0 Å². The first-order valence-electron chi connectivity index (χ1n) is 6.14. The topological polar surface area (TPSA) is 38.9 Å². The van der Waals surface area contributed by atoms with E-state index in [9.17, 15) is 0 Å². The monoisotopic (exact) mass is 236 g/mol. The number of hydrogen-bond donors (Lipinski definition) is 1. The third-order valence-electron chi connectivity index (χ3n) is 3.20. The first-order chi connectivity index (χ1) is 7.90. The standard InChI is InChI=1S/C13H20N2S/c14-9-13-11(5-4-8-15-13)10-16-12-6-2-1-3-7-12/h4-5,8,12H,1-3,6-7,9-10,14H2. The quantitative estimate of drug-likeness (QED) is 0.873. The molecular weight excluding hydrogens is 216 g/mol. The van der Waals surface area contributed by atoms with Crippen LogP contribution >= 0.6 is 11.8 Å². The smallest absolute Gasteiger partial charge is 0.0579 e. The summed E-state index contributed by atoms with van der Waals surface area (Å²) in [6, 6.07) is 4.17. The molecular formula is C13H20N2S. The van der Waals surface area contributed by atoms with Crippen LogP contribution in [0.4, 0.5) is 0 Å². The summed E-state index contributed by atoms with van der Waals surface area (Å²) in [6.07, 6.45) is 8.86. The maximum atomic E-state index is 5.69. The van der Waals surface area contributed by atoms with E-state index in [0.717, 1.165) is 16.7 Å². The predicted molar refractivity (Wildman–Crippen MR) is 70.3 cm³/mol. The molecule has 2 rings (SSSR count). The van der Waals surface area contributed by atoms with Crippen molar-refractivity contribution in [3.8, 4) is 0 Å². The van der Waals surface area contributed by atoms with Crippen molar-refractivity contribution >= 4 is 11.8 Å². The second-order valence-electron chi connectivity index (χ2n) is 4.38. The van der Waals surface area contributed by atoms with Crippen molar-refractivity contribution in [3.05, 3.63) is 29.6 Å². The average molecular weight is 236 g/mol. The summed E-state index contributed by atoms with van der Waals surface area (Å²) in [4.78, 5) is 4.32. The SMILES string of the molecule is NCc1ncccc1CSC1CCCCC1. The number of nitrogens with two attached hydrogens (primary N) is 1. The second-order valence-corrected chi connectivity index (χ2v) is 5.67. The van der Waals surface area contributed by atoms with Gasteiger partial charge in [0.05, 0.1) is 5.69 Å². The molecule has 1 aliphatic carbocycles. The molecule has 0 saturated heterocycles. The average Bonchev–Trinajstić information content (AvgIpc) is 2.38.